The van der Waals surface area contributed by atoms with Crippen LogP contribution in [-0.2, 0) is 0 Å². The fraction of sp³-hybridized carbons (Fsp3) is 0.111. The quantitative estimate of drug-likeness (QED) is 0.689. The fourth-order valence-electron chi connectivity index (χ4n) is 1.10. The summed E-state index contributed by atoms with van der Waals surface area (Å²) in [6.45, 7) is 0.118. The molecule has 0 saturated heterocycles. The van der Waals surface area contributed by atoms with Gasteiger partial charge in [0.25, 0.3) is 0 Å². The summed E-state index contributed by atoms with van der Waals surface area (Å²) in [4.78, 5) is 8.36. The van der Waals surface area contributed by atoms with Crippen LogP contribution >= 0.6 is 0 Å². The molecule has 0 atom stereocenters. The van der Waals surface area contributed by atoms with Crippen LogP contribution in [0.4, 0.5) is 0 Å². The largest absolute Gasteiger partial charge is 0.461 e. The molecule has 0 spiro atoms. The molecule has 1 aromatic heterocycles. The summed E-state index contributed by atoms with van der Waals surface area (Å²) in [6.07, 6.45) is 1.56. The van der Waals surface area contributed by atoms with E-state index in [-0.39, 0.29) is 6.73 Å². The molecule has 2 rings (SSSR count). The second-order valence-corrected chi connectivity index (χ2v) is 2.51. The first kappa shape index (κ1) is 7.94. The maximum atomic E-state index is 5.21. The lowest BCUT2D eigenvalue weighted by molar-refractivity contribution is 0.316. The van der Waals surface area contributed by atoms with E-state index in [0.29, 0.717) is 5.88 Å². The lowest BCUT2D eigenvalue weighted by Gasteiger charge is -2.01. The number of para-hydroxylation sites is 2. The van der Waals surface area contributed by atoms with E-state index in [1.54, 1.807) is 6.20 Å². The van der Waals surface area contributed by atoms with Gasteiger partial charge in [-0.1, -0.05) is 12.1 Å². The van der Waals surface area contributed by atoms with Gasteiger partial charge in [-0.05, 0) is 12.1 Å². The molecule has 1 heterocycles. The van der Waals surface area contributed by atoms with E-state index in [1.807, 2.05) is 24.3 Å². The molecular formula is C9H9N3O. The number of nitrogens with two attached hydrogens (primary N) is 1. The molecule has 0 unspecified atom stereocenters. The first-order chi connectivity index (χ1) is 6.40. The van der Waals surface area contributed by atoms with Crippen molar-refractivity contribution < 1.29 is 4.74 Å². The van der Waals surface area contributed by atoms with Crippen LogP contribution in [0.1, 0.15) is 0 Å². The van der Waals surface area contributed by atoms with Crippen molar-refractivity contribution in [1.82, 2.24) is 9.97 Å². The smallest absolute Gasteiger partial charge is 0.234 e. The molecule has 0 aliphatic carbocycles. The van der Waals surface area contributed by atoms with Crippen LogP contribution in [0.15, 0.2) is 30.5 Å². The SMILES string of the molecule is NCOc1cnc2ccccc2n1. The Morgan fingerprint density at radius 2 is 2.00 bits per heavy atom. The van der Waals surface area contributed by atoms with Crippen LogP contribution in [0.25, 0.3) is 11.0 Å². The standard InChI is InChI=1S/C9H9N3O/c10-6-13-9-5-11-7-3-1-2-4-8(7)12-9/h1-5H,6,10H2. The van der Waals surface area contributed by atoms with Crippen LogP contribution in [-0.4, -0.2) is 16.7 Å². The van der Waals surface area contributed by atoms with Gasteiger partial charge in [0.05, 0.1) is 17.2 Å². The summed E-state index contributed by atoms with van der Waals surface area (Å²) >= 11 is 0. The van der Waals surface area contributed by atoms with E-state index < -0.39 is 0 Å². The zero-order valence-corrected chi connectivity index (χ0v) is 6.97. The molecule has 4 heteroatoms. The Morgan fingerprint density at radius 3 is 2.77 bits per heavy atom. The number of hydrogen-bond acceptors (Lipinski definition) is 4. The Morgan fingerprint density at radius 1 is 1.23 bits per heavy atom. The lowest BCUT2D eigenvalue weighted by atomic mass is 10.3. The third-order valence-corrected chi connectivity index (χ3v) is 1.66. The number of aromatic nitrogens is 2. The van der Waals surface area contributed by atoms with E-state index in [1.165, 1.54) is 0 Å². The monoisotopic (exact) mass is 175 g/mol. The van der Waals surface area contributed by atoms with Gasteiger partial charge in [-0.3, -0.25) is 5.73 Å². The number of rotatable bonds is 2. The fourth-order valence-corrected chi connectivity index (χ4v) is 1.10. The highest BCUT2D eigenvalue weighted by atomic mass is 16.5. The van der Waals surface area contributed by atoms with E-state index in [9.17, 15) is 0 Å². The Bertz CT molecular complexity index is 416. The number of nitrogens with zero attached hydrogens (tertiary/aromatic N) is 2. The third kappa shape index (κ3) is 1.57. The van der Waals surface area contributed by atoms with Gasteiger partial charge < -0.3 is 4.74 Å². The molecule has 2 aromatic rings. The molecule has 66 valence electrons. The van der Waals surface area contributed by atoms with Gasteiger partial charge in [0.15, 0.2) is 0 Å². The summed E-state index contributed by atoms with van der Waals surface area (Å²) in [5.74, 6) is 0.459. The van der Waals surface area contributed by atoms with Crippen molar-refractivity contribution in [3.63, 3.8) is 0 Å². The maximum absolute atomic E-state index is 5.21. The Labute approximate surface area is 75.4 Å². The van der Waals surface area contributed by atoms with Crippen molar-refractivity contribution in [2.75, 3.05) is 6.73 Å². The molecule has 0 radical (unpaired) electrons. The highest BCUT2D eigenvalue weighted by Crippen LogP contribution is 2.12. The van der Waals surface area contributed by atoms with Gasteiger partial charge in [-0.2, -0.15) is 0 Å². The molecular weight excluding hydrogens is 166 g/mol. The molecule has 0 aliphatic heterocycles. The minimum Gasteiger partial charge on any atom is -0.461 e. The maximum Gasteiger partial charge on any atom is 0.234 e. The van der Waals surface area contributed by atoms with E-state index in [2.05, 4.69) is 9.97 Å². The zero-order chi connectivity index (χ0) is 9.10. The number of fused-ring (bicyclic) bond motifs is 1. The van der Waals surface area contributed by atoms with Gasteiger partial charge in [0.1, 0.15) is 6.73 Å². The minimum absolute atomic E-state index is 0.118. The van der Waals surface area contributed by atoms with Crippen molar-refractivity contribution in [2.45, 2.75) is 0 Å². The first-order valence-electron chi connectivity index (χ1n) is 3.95. The number of ether oxygens (including phenoxy) is 1. The molecule has 0 fully saturated rings. The van der Waals surface area contributed by atoms with Crippen molar-refractivity contribution in [3.05, 3.63) is 30.5 Å². The van der Waals surface area contributed by atoms with Crippen molar-refractivity contribution in [1.29, 1.82) is 0 Å². The van der Waals surface area contributed by atoms with Crippen LogP contribution < -0.4 is 10.5 Å². The van der Waals surface area contributed by atoms with Crippen LogP contribution in [0.2, 0.25) is 0 Å². The van der Waals surface area contributed by atoms with Crippen molar-refractivity contribution >= 4 is 11.0 Å². The van der Waals surface area contributed by atoms with Gasteiger partial charge in [-0.15, -0.1) is 0 Å². The zero-order valence-electron chi connectivity index (χ0n) is 6.97. The van der Waals surface area contributed by atoms with Gasteiger partial charge in [0.2, 0.25) is 5.88 Å². The molecule has 4 nitrogen and oxygen atoms in total. The van der Waals surface area contributed by atoms with Crippen LogP contribution in [0.3, 0.4) is 0 Å². The average Bonchev–Trinajstić information content (AvgIpc) is 2.18. The molecule has 0 aliphatic rings. The predicted octanol–water partition coefficient (Wildman–Crippen LogP) is 0.925. The minimum atomic E-state index is 0.118. The topological polar surface area (TPSA) is 61.0 Å². The predicted molar refractivity (Wildman–Crippen MR) is 49.2 cm³/mol. The second kappa shape index (κ2) is 3.37. The number of benzene rings is 1. The first-order valence-corrected chi connectivity index (χ1v) is 3.95. The Hall–Kier alpha value is -1.68. The van der Waals surface area contributed by atoms with Crippen LogP contribution in [0, 0.1) is 0 Å². The van der Waals surface area contributed by atoms with E-state index >= 15 is 0 Å². The summed E-state index contributed by atoms with van der Waals surface area (Å²) in [5, 5.41) is 0. The Balaban J connectivity index is 2.49. The summed E-state index contributed by atoms with van der Waals surface area (Å²) in [6, 6.07) is 7.60. The van der Waals surface area contributed by atoms with Gasteiger partial charge >= 0.3 is 0 Å². The Kier molecular flexibility index (Phi) is 2.06. The normalized spacial score (nSPS) is 10.2. The highest BCUT2D eigenvalue weighted by molar-refractivity contribution is 5.73. The van der Waals surface area contributed by atoms with E-state index in [0.717, 1.165) is 11.0 Å². The lowest BCUT2D eigenvalue weighted by Crippen LogP contribution is -2.08. The second-order valence-electron chi connectivity index (χ2n) is 2.51. The average molecular weight is 175 g/mol. The van der Waals surface area contributed by atoms with Crippen molar-refractivity contribution in [3.8, 4) is 5.88 Å². The van der Waals surface area contributed by atoms with Gasteiger partial charge in [-0.25, -0.2) is 9.97 Å². The van der Waals surface area contributed by atoms with Crippen LogP contribution in [0.5, 0.6) is 5.88 Å². The molecule has 1 aromatic carbocycles. The third-order valence-electron chi connectivity index (χ3n) is 1.66. The molecule has 13 heavy (non-hydrogen) atoms. The van der Waals surface area contributed by atoms with Crippen molar-refractivity contribution in [2.24, 2.45) is 5.73 Å². The summed E-state index contributed by atoms with van der Waals surface area (Å²) in [5.41, 5.74) is 6.88. The molecule has 2 N–H and O–H groups in total. The molecule has 0 bridgehead atoms. The molecule has 0 saturated carbocycles. The summed E-state index contributed by atoms with van der Waals surface area (Å²) in [7, 11) is 0. The highest BCUT2D eigenvalue weighted by Gasteiger charge is 1.97. The van der Waals surface area contributed by atoms with E-state index in [4.69, 9.17) is 10.5 Å². The summed E-state index contributed by atoms with van der Waals surface area (Å²) < 4.78 is 5.02. The van der Waals surface area contributed by atoms with Gasteiger partial charge in [0, 0.05) is 0 Å². The molecule has 0 amide bonds. The number of hydrogen-bond donors (Lipinski definition) is 1.